The van der Waals surface area contributed by atoms with Crippen molar-refractivity contribution in [1.29, 1.82) is 0 Å². The summed E-state index contributed by atoms with van der Waals surface area (Å²) in [6.45, 7) is 2.70. The molecule has 0 bridgehead atoms. The van der Waals surface area contributed by atoms with Gasteiger partial charge in [-0.15, -0.1) is 0 Å². The molecule has 0 fully saturated rings. The molecule has 0 aliphatic heterocycles. The Kier molecular flexibility index (Phi) is 4.63. The van der Waals surface area contributed by atoms with Gasteiger partial charge in [0.25, 0.3) is 0 Å². The van der Waals surface area contributed by atoms with E-state index in [1.165, 1.54) is 6.07 Å². The summed E-state index contributed by atoms with van der Waals surface area (Å²) in [5.74, 6) is -0.184. The molecule has 4 heteroatoms. The first kappa shape index (κ1) is 14.1. The third kappa shape index (κ3) is 3.83. The predicted octanol–water partition coefficient (Wildman–Crippen LogP) is 3.98. The maximum absolute atomic E-state index is 13.0. The Morgan fingerprint density at radius 3 is 2.68 bits per heavy atom. The minimum absolute atomic E-state index is 0.184. The van der Waals surface area contributed by atoms with E-state index in [0.717, 1.165) is 39.0 Å². The van der Waals surface area contributed by atoms with Crippen LogP contribution in [-0.2, 0) is 6.42 Å². The van der Waals surface area contributed by atoms with Crippen molar-refractivity contribution in [2.45, 2.75) is 13.3 Å². The Balaban J connectivity index is 1.96. The summed E-state index contributed by atoms with van der Waals surface area (Å²) >= 11 is 2.23. The molecule has 0 spiro atoms. The minimum atomic E-state index is -0.184. The summed E-state index contributed by atoms with van der Waals surface area (Å²) in [5, 5.41) is 3.31. The van der Waals surface area contributed by atoms with E-state index in [9.17, 15) is 4.39 Å². The smallest absolute Gasteiger partial charge is 0.123 e. The Bertz CT molecular complexity index is 533. The third-order valence-electron chi connectivity index (χ3n) is 3.03. The largest absolute Gasteiger partial charge is 0.397 e. The van der Waals surface area contributed by atoms with Crippen LogP contribution < -0.4 is 11.1 Å². The summed E-state index contributed by atoms with van der Waals surface area (Å²) < 4.78 is 14.1. The molecule has 0 aliphatic carbocycles. The number of nitrogens with two attached hydrogens (primary N) is 1. The molecule has 3 N–H and O–H groups in total. The van der Waals surface area contributed by atoms with E-state index in [2.05, 4.69) is 27.9 Å². The van der Waals surface area contributed by atoms with E-state index >= 15 is 0 Å². The second-order valence-electron chi connectivity index (χ2n) is 4.48. The average Bonchev–Trinajstić information content (AvgIpc) is 2.34. The van der Waals surface area contributed by atoms with E-state index in [-0.39, 0.29) is 5.82 Å². The van der Waals surface area contributed by atoms with Crippen molar-refractivity contribution in [3.63, 3.8) is 0 Å². The second-order valence-corrected chi connectivity index (χ2v) is 5.72. The molecule has 0 aliphatic rings. The van der Waals surface area contributed by atoms with Gasteiger partial charge in [0, 0.05) is 10.1 Å². The van der Waals surface area contributed by atoms with Crippen molar-refractivity contribution in [2.24, 2.45) is 0 Å². The Morgan fingerprint density at radius 1 is 1.21 bits per heavy atom. The van der Waals surface area contributed by atoms with Gasteiger partial charge in [0.2, 0.25) is 0 Å². The number of hydrogen-bond acceptors (Lipinski definition) is 2. The monoisotopic (exact) mass is 370 g/mol. The lowest BCUT2D eigenvalue weighted by Crippen LogP contribution is -2.07. The molecule has 19 heavy (non-hydrogen) atoms. The maximum Gasteiger partial charge on any atom is 0.123 e. The van der Waals surface area contributed by atoms with Crippen LogP contribution in [-0.4, -0.2) is 6.54 Å². The standard InChI is InChI=1S/C15H16FIN2/c1-10-8-12(16)3-2-11(10)6-7-19-15-5-4-13(17)9-14(15)18/h2-5,8-9,19H,6-7,18H2,1H3. The highest BCUT2D eigenvalue weighted by molar-refractivity contribution is 14.1. The number of hydrogen-bond donors (Lipinski definition) is 2. The van der Waals surface area contributed by atoms with E-state index < -0.39 is 0 Å². The summed E-state index contributed by atoms with van der Waals surface area (Å²) in [6, 6.07) is 10.8. The fourth-order valence-corrected chi connectivity index (χ4v) is 2.48. The van der Waals surface area contributed by atoms with Gasteiger partial charge in [-0.1, -0.05) is 6.07 Å². The molecule has 0 saturated heterocycles. The van der Waals surface area contributed by atoms with Gasteiger partial charge in [-0.2, -0.15) is 0 Å². The second kappa shape index (κ2) is 6.23. The molecule has 100 valence electrons. The van der Waals surface area contributed by atoms with Crippen molar-refractivity contribution in [3.05, 3.63) is 56.9 Å². The topological polar surface area (TPSA) is 38.0 Å². The summed E-state index contributed by atoms with van der Waals surface area (Å²) in [6.07, 6.45) is 0.845. The van der Waals surface area contributed by atoms with Gasteiger partial charge in [0.05, 0.1) is 11.4 Å². The number of anilines is 2. The maximum atomic E-state index is 13.0. The molecule has 2 rings (SSSR count). The zero-order valence-corrected chi connectivity index (χ0v) is 12.9. The molecule has 0 aromatic heterocycles. The lowest BCUT2D eigenvalue weighted by molar-refractivity contribution is 0.625. The normalized spacial score (nSPS) is 10.5. The van der Waals surface area contributed by atoms with Crippen LogP contribution in [0.3, 0.4) is 0 Å². The van der Waals surface area contributed by atoms with Gasteiger partial charge >= 0.3 is 0 Å². The number of halogens is 2. The van der Waals surface area contributed by atoms with Gasteiger partial charge < -0.3 is 11.1 Å². The number of aryl methyl sites for hydroxylation is 1. The van der Waals surface area contributed by atoms with Crippen LogP contribution >= 0.6 is 22.6 Å². The first-order valence-corrected chi connectivity index (χ1v) is 7.18. The molecule has 2 aromatic carbocycles. The van der Waals surface area contributed by atoms with Crippen molar-refractivity contribution < 1.29 is 4.39 Å². The van der Waals surface area contributed by atoms with E-state index in [1.807, 2.05) is 31.2 Å². The van der Waals surface area contributed by atoms with E-state index in [4.69, 9.17) is 5.73 Å². The Morgan fingerprint density at radius 2 is 2.00 bits per heavy atom. The van der Waals surface area contributed by atoms with Gasteiger partial charge in [0.15, 0.2) is 0 Å². The van der Waals surface area contributed by atoms with Crippen LogP contribution in [0.1, 0.15) is 11.1 Å². The molecule has 2 aromatic rings. The summed E-state index contributed by atoms with van der Waals surface area (Å²) in [5.41, 5.74) is 9.77. The van der Waals surface area contributed by atoms with Crippen LogP contribution in [0.4, 0.5) is 15.8 Å². The minimum Gasteiger partial charge on any atom is -0.397 e. The molecular formula is C15H16FIN2. The summed E-state index contributed by atoms with van der Waals surface area (Å²) in [7, 11) is 0. The third-order valence-corrected chi connectivity index (χ3v) is 3.70. The lowest BCUT2D eigenvalue weighted by atomic mass is 10.1. The molecular weight excluding hydrogens is 354 g/mol. The van der Waals surface area contributed by atoms with Crippen molar-refractivity contribution in [1.82, 2.24) is 0 Å². The Hall–Kier alpha value is -1.30. The van der Waals surface area contributed by atoms with Gasteiger partial charge in [-0.05, 0) is 77.4 Å². The molecule has 0 atom stereocenters. The van der Waals surface area contributed by atoms with E-state index in [0.29, 0.717) is 0 Å². The fourth-order valence-electron chi connectivity index (χ4n) is 1.97. The number of nitrogens with one attached hydrogen (secondary N) is 1. The highest BCUT2D eigenvalue weighted by atomic mass is 127. The quantitative estimate of drug-likeness (QED) is 0.631. The van der Waals surface area contributed by atoms with Gasteiger partial charge in [0.1, 0.15) is 5.82 Å². The molecule has 0 unspecified atom stereocenters. The average molecular weight is 370 g/mol. The van der Waals surface area contributed by atoms with Crippen LogP contribution in [0.2, 0.25) is 0 Å². The van der Waals surface area contributed by atoms with Gasteiger partial charge in [-0.25, -0.2) is 4.39 Å². The first-order valence-electron chi connectivity index (χ1n) is 6.10. The van der Waals surface area contributed by atoms with Crippen molar-refractivity contribution in [2.75, 3.05) is 17.6 Å². The highest BCUT2D eigenvalue weighted by Crippen LogP contribution is 2.21. The van der Waals surface area contributed by atoms with Crippen LogP contribution in [0.15, 0.2) is 36.4 Å². The molecule has 0 heterocycles. The molecule has 0 radical (unpaired) electrons. The zero-order valence-electron chi connectivity index (χ0n) is 10.7. The van der Waals surface area contributed by atoms with Crippen molar-refractivity contribution >= 4 is 34.0 Å². The highest BCUT2D eigenvalue weighted by Gasteiger charge is 2.02. The van der Waals surface area contributed by atoms with Crippen LogP contribution in [0, 0.1) is 16.3 Å². The molecule has 0 amide bonds. The number of nitrogen functional groups attached to an aromatic ring is 1. The molecule has 2 nitrogen and oxygen atoms in total. The SMILES string of the molecule is Cc1cc(F)ccc1CCNc1ccc(I)cc1N. The fraction of sp³-hybridized carbons (Fsp3) is 0.200. The number of rotatable bonds is 4. The molecule has 0 saturated carbocycles. The van der Waals surface area contributed by atoms with Crippen LogP contribution in [0.5, 0.6) is 0 Å². The lowest BCUT2D eigenvalue weighted by Gasteiger charge is -2.11. The predicted molar refractivity (Wildman–Crippen MR) is 86.9 cm³/mol. The van der Waals surface area contributed by atoms with Crippen LogP contribution in [0.25, 0.3) is 0 Å². The van der Waals surface area contributed by atoms with Crippen molar-refractivity contribution in [3.8, 4) is 0 Å². The Labute approximate surface area is 126 Å². The first-order chi connectivity index (χ1) is 9.06. The summed E-state index contributed by atoms with van der Waals surface area (Å²) in [4.78, 5) is 0. The van der Waals surface area contributed by atoms with Gasteiger partial charge in [-0.3, -0.25) is 0 Å². The zero-order chi connectivity index (χ0) is 13.8. The van der Waals surface area contributed by atoms with E-state index in [1.54, 1.807) is 6.07 Å². The number of benzene rings is 2.